The van der Waals surface area contributed by atoms with E-state index in [0.717, 1.165) is 37.8 Å². The predicted octanol–water partition coefficient (Wildman–Crippen LogP) is 3.73. The molecule has 2 aromatic carbocycles. The summed E-state index contributed by atoms with van der Waals surface area (Å²) in [7, 11) is 0. The van der Waals surface area contributed by atoms with Gasteiger partial charge in [-0.1, -0.05) is 43.2 Å². The van der Waals surface area contributed by atoms with Crippen molar-refractivity contribution in [2.45, 2.75) is 32.1 Å². The van der Waals surface area contributed by atoms with E-state index in [1.165, 1.54) is 18.2 Å². The minimum atomic E-state index is -0.527. The smallest absolute Gasteiger partial charge is 0.232 e. The van der Waals surface area contributed by atoms with Crippen molar-refractivity contribution in [2.24, 2.45) is 11.3 Å². The van der Waals surface area contributed by atoms with E-state index in [1.807, 2.05) is 30.3 Å². The molecule has 2 aliphatic rings. The monoisotopic (exact) mass is 395 g/mol. The number of anilines is 2. The largest absolute Gasteiger partial charge is 0.325 e. The molecule has 1 heterocycles. The molecule has 0 aromatic heterocycles. The van der Waals surface area contributed by atoms with E-state index in [0.29, 0.717) is 18.2 Å². The zero-order valence-electron chi connectivity index (χ0n) is 16.3. The molecule has 0 unspecified atom stereocenters. The Kier molecular flexibility index (Phi) is 5.62. The standard InChI is InChI=1S/C23H26FN3O2/c24-19-10-9-18(13-20(19)27-21(28)12-16-6-2-1-3-7-16)26-22(29)23-11-5-4-8-17(23)14-25-15-23/h1-3,6-7,9-10,13,17,25H,4-5,8,11-12,14-15H2,(H,26,29)(H,27,28)/t17-,23+/m0/s1. The lowest BCUT2D eigenvalue weighted by Gasteiger charge is -2.37. The van der Waals surface area contributed by atoms with E-state index in [1.54, 1.807) is 0 Å². The van der Waals surface area contributed by atoms with Crippen molar-refractivity contribution in [3.05, 3.63) is 59.9 Å². The van der Waals surface area contributed by atoms with Crippen LogP contribution in [0.5, 0.6) is 0 Å². The Morgan fingerprint density at radius 2 is 1.93 bits per heavy atom. The van der Waals surface area contributed by atoms with Gasteiger partial charge in [-0.05, 0) is 49.1 Å². The van der Waals surface area contributed by atoms with Crippen molar-refractivity contribution >= 4 is 23.2 Å². The average molecular weight is 395 g/mol. The molecule has 2 aromatic rings. The Morgan fingerprint density at radius 3 is 2.76 bits per heavy atom. The minimum Gasteiger partial charge on any atom is -0.325 e. The van der Waals surface area contributed by atoms with Gasteiger partial charge in [0, 0.05) is 12.2 Å². The number of halogens is 1. The first-order valence-corrected chi connectivity index (χ1v) is 10.2. The highest BCUT2D eigenvalue weighted by Crippen LogP contribution is 2.44. The molecular weight excluding hydrogens is 369 g/mol. The molecule has 0 radical (unpaired) electrons. The first-order valence-electron chi connectivity index (χ1n) is 10.2. The van der Waals surface area contributed by atoms with E-state index in [9.17, 15) is 14.0 Å². The van der Waals surface area contributed by atoms with Gasteiger partial charge < -0.3 is 16.0 Å². The molecule has 4 rings (SSSR count). The SMILES string of the molecule is O=C(Cc1ccccc1)Nc1cc(NC(=O)[C@@]23CCCC[C@H]2CNC3)ccc1F. The molecule has 1 saturated heterocycles. The third-order valence-electron chi connectivity index (χ3n) is 6.20. The minimum absolute atomic E-state index is 0.0135. The number of fused-ring (bicyclic) bond motifs is 1. The van der Waals surface area contributed by atoms with Gasteiger partial charge >= 0.3 is 0 Å². The molecule has 2 amide bonds. The Hall–Kier alpha value is -2.73. The lowest BCUT2D eigenvalue weighted by Crippen LogP contribution is -2.44. The maximum atomic E-state index is 14.2. The summed E-state index contributed by atoms with van der Waals surface area (Å²) in [5.41, 5.74) is 1.04. The topological polar surface area (TPSA) is 70.2 Å². The molecule has 0 spiro atoms. The highest BCUT2D eigenvalue weighted by atomic mass is 19.1. The molecule has 29 heavy (non-hydrogen) atoms. The van der Waals surface area contributed by atoms with E-state index >= 15 is 0 Å². The molecule has 1 aliphatic carbocycles. The van der Waals surface area contributed by atoms with Crippen LogP contribution < -0.4 is 16.0 Å². The fraction of sp³-hybridized carbons (Fsp3) is 0.391. The lowest BCUT2D eigenvalue weighted by atomic mass is 9.67. The molecule has 0 bridgehead atoms. The van der Waals surface area contributed by atoms with Gasteiger partial charge in [0.05, 0.1) is 17.5 Å². The van der Waals surface area contributed by atoms with Crippen LogP contribution in [0.25, 0.3) is 0 Å². The van der Waals surface area contributed by atoms with Gasteiger partial charge in [0.15, 0.2) is 0 Å². The van der Waals surface area contributed by atoms with Gasteiger partial charge in [-0.2, -0.15) is 0 Å². The normalized spacial score (nSPS) is 23.3. The van der Waals surface area contributed by atoms with E-state index in [-0.39, 0.29) is 29.3 Å². The van der Waals surface area contributed by atoms with Gasteiger partial charge in [0.1, 0.15) is 5.82 Å². The molecule has 1 saturated carbocycles. The number of hydrogen-bond acceptors (Lipinski definition) is 3. The molecule has 2 fully saturated rings. The van der Waals surface area contributed by atoms with Gasteiger partial charge in [0.25, 0.3) is 0 Å². The molecule has 1 aliphatic heterocycles. The third-order valence-corrected chi connectivity index (χ3v) is 6.20. The number of hydrogen-bond donors (Lipinski definition) is 3. The van der Waals surface area contributed by atoms with Crippen LogP contribution in [0, 0.1) is 17.2 Å². The fourth-order valence-electron chi connectivity index (χ4n) is 4.62. The van der Waals surface area contributed by atoms with E-state index < -0.39 is 5.82 Å². The first-order chi connectivity index (χ1) is 14.1. The summed E-state index contributed by atoms with van der Waals surface area (Å²) in [6.45, 7) is 1.56. The van der Waals surface area contributed by atoms with Crippen LogP contribution in [-0.4, -0.2) is 24.9 Å². The van der Waals surface area contributed by atoms with Crippen LogP contribution in [0.2, 0.25) is 0 Å². The van der Waals surface area contributed by atoms with E-state index in [2.05, 4.69) is 16.0 Å². The molecule has 2 atom stereocenters. The highest BCUT2D eigenvalue weighted by Gasteiger charge is 2.49. The Bertz CT molecular complexity index is 902. The number of carbonyl (C=O) groups excluding carboxylic acids is 2. The number of carbonyl (C=O) groups is 2. The Morgan fingerprint density at radius 1 is 1.10 bits per heavy atom. The maximum absolute atomic E-state index is 14.2. The quantitative estimate of drug-likeness (QED) is 0.723. The fourth-order valence-corrected chi connectivity index (χ4v) is 4.62. The molecule has 5 nitrogen and oxygen atoms in total. The zero-order chi connectivity index (χ0) is 20.3. The summed E-state index contributed by atoms with van der Waals surface area (Å²) in [6, 6.07) is 13.6. The Balaban J connectivity index is 1.45. The highest BCUT2D eigenvalue weighted by molar-refractivity contribution is 5.97. The van der Waals surface area contributed by atoms with Crippen LogP contribution in [0.4, 0.5) is 15.8 Å². The van der Waals surface area contributed by atoms with Crippen molar-refractivity contribution in [1.82, 2.24) is 5.32 Å². The summed E-state index contributed by atoms with van der Waals surface area (Å²) < 4.78 is 14.2. The molecule has 3 N–H and O–H groups in total. The predicted molar refractivity (Wildman–Crippen MR) is 111 cm³/mol. The Labute approximate surface area is 170 Å². The van der Waals surface area contributed by atoms with Crippen LogP contribution >= 0.6 is 0 Å². The number of benzene rings is 2. The molecule has 6 heteroatoms. The molecular formula is C23H26FN3O2. The number of nitrogens with one attached hydrogen (secondary N) is 3. The van der Waals surface area contributed by atoms with Gasteiger partial charge in [-0.3, -0.25) is 9.59 Å². The van der Waals surface area contributed by atoms with Crippen LogP contribution in [0.1, 0.15) is 31.2 Å². The summed E-state index contributed by atoms with van der Waals surface area (Å²) in [4.78, 5) is 25.4. The van der Waals surface area contributed by atoms with Gasteiger partial charge in [-0.15, -0.1) is 0 Å². The van der Waals surface area contributed by atoms with Gasteiger partial charge in [0.2, 0.25) is 11.8 Å². The van der Waals surface area contributed by atoms with Crippen LogP contribution in [-0.2, 0) is 16.0 Å². The second-order valence-corrected chi connectivity index (χ2v) is 8.09. The first kappa shape index (κ1) is 19.6. The van der Waals surface area contributed by atoms with Crippen molar-refractivity contribution < 1.29 is 14.0 Å². The maximum Gasteiger partial charge on any atom is 0.232 e. The lowest BCUT2D eigenvalue weighted by molar-refractivity contribution is -0.128. The van der Waals surface area contributed by atoms with Gasteiger partial charge in [-0.25, -0.2) is 4.39 Å². The van der Waals surface area contributed by atoms with E-state index in [4.69, 9.17) is 0 Å². The summed E-state index contributed by atoms with van der Waals surface area (Å²) in [5.74, 6) is -0.493. The number of amides is 2. The van der Waals surface area contributed by atoms with Crippen molar-refractivity contribution in [2.75, 3.05) is 23.7 Å². The van der Waals surface area contributed by atoms with Crippen LogP contribution in [0.3, 0.4) is 0 Å². The second-order valence-electron chi connectivity index (χ2n) is 8.09. The summed E-state index contributed by atoms with van der Waals surface area (Å²) in [6.07, 6.45) is 4.31. The number of rotatable bonds is 5. The van der Waals surface area contributed by atoms with Crippen molar-refractivity contribution in [3.63, 3.8) is 0 Å². The summed E-state index contributed by atoms with van der Waals surface area (Å²) in [5, 5.41) is 8.95. The van der Waals surface area contributed by atoms with Crippen LogP contribution in [0.15, 0.2) is 48.5 Å². The average Bonchev–Trinajstić information content (AvgIpc) is 3.17. The third kappa shape index (κ3) is 4.17. The zero-order valence-corrected chi connectivity index (χ0v) is 16.3. The van der Waals surface area contributed by atoms with Crippen molar-refractivity contribution in [1.29, 1.82) is 0 Å². The van der Waals surface area contributed by atoms with Crippen molar-refractivity contribution in [3.8, 4) is 0 Å². The summed E-state index contributed by atoms with van der Waals surface area (Å²) >= 11 is 0. The second kappa shape index (κ2) is 8.33. The molecule has 152 valence electrons.